The predicted molar refractivity (Wildman–Crippen MR) is 92.3 cm³/mol. The van der Waals surface area contributed by atoms with E-state index >= 15 is 0 Å². The predicted octanol–water partition coefficient (Wildman–Crippen LogP) is 3.22. The SMILES string of the molecule is CCC(C)NC(=O)COC(=O)c1ccc(-c2ccc(C(C)=O)cc2)o1. The van der Waals surface area contributed by atoms with Crippen LogP contribution in [0.15, 0.2) is 40.8 Å². The summed E-state index contributed by atoms with van der Waals surface area (Å²) in [5.41, 5.74) is 1.33. The van der Waals surface area contributed by atoms with Crippen LogP contribution in [0, 0.1) is 0 Å². The van der Waals surface area contributed by atoms with Gasteiger partial charge in [-0.25, -0.2) is 4.79 Å². The van der Waals surface area contributed by atoms with Crippen molar-refractivity contribution < 1.29 is 23.5 Å². The van der Waals surface area contributed by atoms with Gasteiger partial charge in [-0.3, -0.25) is 9.59 Å². The number of ketones is 1. The Morgan fingerprint density at radius 3 is 2.40 bits per heavy atom. The Morgan fingerprint density at radius 1 is 1.12 bits per heavy atom. The first-order valence-electron chi connectivity index (χ1n) is 8.08. The van der Waals surface area contributed by atoms with E-state index in [4.69, 9.17) is 9.15 Å². The molecule has 132 valence electrons. The number of carbonyl (C=O) groups excluding carboxylic acids is 3. The number of hydrogen-bond acceptors (Lipinski definition) is 5. The summed E-state index contributed by atoms with van der Waals surface area (Å²) >= 11 is 0. The monoisotopic (exact) mass is 343 g/mol. The van der Waals surface area contributed by atoms with Gasteiger partial charge in [-0.15, -0.1) is 0 Å². The first-order chi connectivity index (χ1) is 11.9. The Labute approximate surface area is 146 Å². The summed E-state index contributed by atoms with van der Waals surface area (Å²) in [6, 6.07) is 10.0. The second-order valence-electron chi connectivity index (χ2n) is 5.75. The molecule has 1 aromatic heterocycles. The van der Waals surface area contributed by atoms with Crippen LogP contribution in [0.5, 0.6) is 0 Å². The molecule has 0 aliphatic rings. The number of benzene rings is 1. The number of esters is 1. The molecule has 0 bridgehead atoms. The largest absolute Gasteiger partial charge is 0.450 e. The van der Waals surface area contributed by atoms with Crippen LogP contribution in [-0.2, 0) is 9.53 Å². The molecule has 25 heavy (non-hydrogen) atoms. The van der Waals surface area contributed by atoms with E-state index in [9.17, 15) is 14.4 Å². The Morgan fingerprint density at radius 2 is 1.80 bits per heavy atom. The fourth-order valence-electron chi connectivity index (χ4n) is 2.09. The second kappa shape index (κ2) is 8.28. The molecule has 2 aromatic rings. The zero-order valence-corrected chi connectivity index (χ0v) is 14.5. The molecular formula is C19H21NO5. The standard InChI is InChI=1S/C19H21NO5/c1-4-12(2)20-18(22)11-24-19(23)17-10-9-16(25-17)15-7-5-14(6-8-15)13(3)21/h5-10,12H,4,11H2,1-3H3,(H,20,22). The van der Waals surface area contributed by atoms with Crippen LogP contribution in [0.25, 0.3) is 11.3 Å². The molecule has 1 unspecified atom stereocenters. The molecule has 0 radical (unpaired) electrons. The topological polar surface area (TPSA) is 85.6 Å². The second-order valence-corrected chi connectivity index (χ2v) is 5.75. The maximum atomic E-state index is 12.0. The lowest BCUT2D eigenvalue weighted by Gasteiger charge is -2.10. The van der Waals surface area contributed by atoms with Gasteiger partial charge in [-0.2, -0.15) is 0 Å². The molecule has 2 rings (SSSR count). The molecule has 6 heteroatoms. The van der Waals surface area contributed by atoms with Crippen molar-refractivity contribution >= 4 is 17.7 Å². The van der Waals surface area contributed by atoms with Crippen molar-refractivity contribution in [1.29, 1.82) is 0 Å². The van der Waals surface area contributed by atoms with E-state index in [2.05, 4.69) is 5.32 Å². The smallest absolute Gasteiger partial charge is 0.374 e. The van der Waals surface area contributed by atoms with Gasteiger partial charge in [0.15, 0.2) is 12.4 Å². The van der Waals surface area contributed by atoms with Crippen molar-refractivity contribution in [2.45, 2.75) is 33.2 Å². The third-order valence-corrected chi connectivity index (χ3v) is 3.74. The molecule has 0 spiro atoms. The van der Waals surface area contributed by atoms with Gasteiger partial charge < -0.3 is 14.5 Å². The minimum absolute atomic E-state index is 0.0157. The van der Waals surface area contributed by atoms with E-state index in [1.807, 2.05) is 13.8 Å². The lowest BCUT2D eigenvalue weighted by Crippen LogP contribution is -2.35. The summed E-state index contributed by atoms with van der Waals surface area (Å²) in [6.45, 7) is 4.96. The molecule has 1 N–H and O–H groups in total. The lowest BCUT2D eigenvalue weighted by atomic mass is 10.1. The molecule has 0 saturated carbocycles. The van der Waals surface area contributed by atoms with Crippen LogP contribution < -0.4 is 5.32 Å². The van der Waals surface area contributed by atoms with E-state index < -0.39 is 5.97 Å². The average Bonchev–Trinajstić information content (AvgIpc) is 3.09. The van der Waals surface area contributed by atoms with Gasteiger partial charge in [-0.1, -0.05) is 31.2 Å². The summed E-state index contributed by atoms with van der Waals surface area (Å²) in [5, 5.41) is 2.71. The average molecular weight is 343 g/mol. The number of amides is 1. The highest BCUT2D eigenvalue weighted by Gasteiger charge is 2.16. The van der Waals surface area contributed by atoms with Crippen molar-refractivity contribution in [3.8, 4) is 11.3 Å². The van der Waals surface area contributed by atoms with Crippen molar-refractivity contribution in [3.05, 3.63) is 47.7 Å². The molecule has 1 amide bonds. The summed E-state index contributed by atoms with van der Waals surface area (Å²) in [4.78, 5) is 34.8. The summed E-state index contributed by atoms with van der Waals surface area (Å²) in [7, 11) is 0. The number of furan rings is 1. The Balaban J connectivity index is 1.97. The molecular weight excluding hydrogens is 322 g/mol. The first kappa shape index (κ1) is 18.4. The molecule has 0 saturated heterocycles. The molecule has 0 fully saturated rings. The molecule has 1 atom stereocenters. The van der Waals surface area contributed by atoms with Crippen LogP contribution in [0.3, 0.4) is 0 Å². The Hall–Kier alpha value is -2.89. The first-order valence-corrected chi connectivity index (χ1v) is 8.08. The van der Waals surface area contributed by atoms with Gasteiger partial charge >= 0.3 is 5.97 Å². The van der Waals surface area contributed by atoms with Crippen LogP contribution >= 0.6 is 0 Å². The highest BCUT2D eigenvalue weighted by Crippen LogP contribution is 2.23. The number of rotatable bonds is 7. The minimum atomic E-state index is -0.703. The summed E-state index contributed by atoms with van der Waals surface area (Å²) in [6.07, 6.45) is 0.795. The Kier molecular flexibility index (Phi) is 6.11. The number of ether oxygens (including phenoxy) is 1. The number of nitrogens with one attached hydrogen (secondary N) is 1. The number of hydrogen-bond donors (Lipinski definition) is 1. The summed E-state index contributed by atoms with van der Waals surface area (Å²) < 4.78 is 10.4. The molecule has 0 aliphatic carbocycles. The zero-order valence-electron chi connectivity index (χ0n) is 14.5. The zero-order chi connectivity index (χ0) is 18.4. The normalized spacial score (nSPS) is 11.6. The Bertz CT molecular complexity index is 760. The van der Waals surface area contributed by atoms with Gasteiger partial charge in [0.1, 0.15) is 5.76 Å². The van der Waals surface area contributed by atoms with Crippen LogP contribution in [0.4, 0.5) is 0 Å². The van der Waals surface area contributed by atoms with Crippen molar-refractivity contribution in [1.82, 2.24) is 5.32 Å². The van der Waals surface area contributed by atoms with E-state index in [-0.39, 0.29) is 30.1 Å². The fraction of sp³-hybridized carbons (Fsp3) is 0.316. The van der Waals surface area contributed by atoms with Crippen LogP contribution in [-0.4, -0.2) is 30.3 Å². The lowest BCUT2D eigenvalue weighted by molar-refractivity contribution is -0.124. The quantitative estimate of drug-likeness (QED) is 0.616. The minimum Gasteiger partial charge on any atom is -0.450 e. The summed E-state index contributed by atoms with van der Waals surface area (Å²) in [5.74, 6) is -0.584. The molecule has 0 aliphatic heterocycles. The van der Waals surface area contributed by atoms with Gasteiger partial charge in [0.05, 0.1) is 0 Å². The molecule has 1 heterocycles. The van der Waals surface area contributed by atoms with E-state index in [0.29, 0.717) is 11.3 Å². The molecule has 1 aromatic carbocycles. The fourth-order valence-corrected chi connectivity index (χ4v) is 2.09. The number of Topliss-reactive ketones (excluding diaryl/α,β-unsaturated/α-hetero) is 1. The highest BCUT2D eigenvalue weighted by molar-refractivity contribution is 5.94. The van der Waals surface area contributed by atoms with Crippen molar-refractivity contribution in [2.24, 2.45) is 0 Å². The van der Waals surface area contributed by atoms with Gasteiger partial charge in [0, 0.05) is 17.2 Å². The van der Waals surface area contributed by atoms with E-state index in [1.165, 1.54) is 13.0 Å². The van der Waals surface area contributed by atoms with E-state index in [1.54, 1.807) is 30.3 Å². The molecule has 6 nitrogen and oxygen atoms in total. The highest BCUT2D eigenvalue weighted by atomic mass is 16.5. The van der Waals surface area contributed by atoms with Crippen LogP contribution in [0.2, 0.25) is 0 Å². The van der Waals surface area contributed by atoms with E-state index in [0.717, 1.165) is 12.0 Å². The van der Waals surface area contributed by atoms with Crippen LogP contribution in [0.1, 0.15) is 48.1 Å². The van der Waals surface area contributed by atoms with Crippen molar-refractivity contribution in [2.75, 3.05) is 6.61 Å². The van der Waals surface area contributed by atoms with Gasteiger partial charge in [0.25, 0.3) is 5.91 Å². The third kappa shape index (κ3) is 5.04. The third-order valence-electron chi connectivity index (χ3n) is 3.74. The van der Waals surface area contributed by atoms with Gasteiger partial charge in [0.2, 0.25) is 5.76 Å². The maximum absolute atomic E-state index is 12.0. The van der Waals surface area contributed by atoms with Gasteiger partial charge in [-0.05, 0) is 32.4 Å². The maximum Gasteiger partial charge on any atom is 0.374 e. The van der Waals surface area contributed by atoms with Crippen molar-refractivity contribution in [3.63, 3.8) is 0 Å². The number of carbonyl (C=O) groups is 3.